The molecule has 0 aliphatic rings. The molecule has 27 heavy (non-hydrogen) atoms. The minimum Gasteiger partial charge on any atom is -0.466 e. The summed E-state index contributed by atoms with van der Waals surface area (Å²) in [7, 11) is -3.40. The van der Waals surface area contributed by atoms with Crippen molar-refractivity contribution in [1.82, 2.24) is 10.2 Å². The summed E-state index contributed by atoms with van der Waals surface area (Å²) in [6, 6.07) is 9.87. The topological polar surface area (TPSA) is 115 Å². The first-order chi connectivity index (χ1) is 12.8. The van der Waals surface area contributed by atoms with E-state index in [9.17, 15) is 13.2 Å². The van der Waals surface area contributed by atoms with Crippen molar-refractivity contribution in [3.05, 3.63) is 47.9 Å². The van der Waals surface area contributed by atoms with Gasteiger partial charge in [0, 0.05) is 6.42 Å². The molecule has 1 amide bonds. The fraction of sp³-hybridized carbons (Fsp3) is 0.278. The van der Waals surface area contributed by atoms with Crippen LogP contribution in [0.15, 0.2) is 50.1 Å². The maximum Gasteiger partial charge on any atom is 0.322 e. The molecule has 3 aromatic rings. The van der Waals surface area contributed by atoms with Gasteiger partial charge in [0.15, 0.2) is 9.84 Å². The lowest BCUT2D eigenvalue weighted by molar-refractivity contribution is -0.116. The van der Waals surface area contributed by atoms with Crippen molar-refractivity contribution in [2.45, 2.75) is 31.6 Å². The lowest BCUT2D eigenvalue weighted by atomic mass is 10.2. The summed E-state index contributed by atoms with van der Waals surface area (Å²) in [5.41, 5.74) is 0.662. The van der Waals surface area contributed by atoms with E-state index in [0.717, 1.165) is 0 Å². The van der Waals surface area contributed by atoms with Gasteiger partial charge in [-0.25, -0.2) is 8.42 Å². The number of hydrogen-bond acceptors (Lipinski definition) is 7. The quantitative estimate of drug-likeness (QED) is 0.660. The highest BCUT2D eigenvalue weighted by Gasteiger charge is 2.17. The smallest absolute Gasteiger partial charge is 0.322 e. The number of rotatable bonds is 7. The van der Waals surface area contributed by atoms with Crippen molar-refractivity contribution in [3.8, 4) is 11.5 Å². The van der Waals surface area contributed by atoms with Gasteiger partial charge in [-0.2, -0.15) is 0 Å². The van der Waals surface area contributed by atoms with Gasteiger partial charge in [-0.1, -0.05) is 23.3 Å². The number of nitrogens with zero attached hydrogens (tertiary/aromatic N) is 2. The molecule has 0 aliphatic carbocycles. The second kappa shape index (κ2) is 7.75. The Bertz CT molecular complexity index is 1040. The number of carbonyl (C=O) groups is 1. The Morgan fingerprint density at radius 2 is 1.85 bits per heavy atom. The minimum atomic E-state index is -3.40. The predicted octanol–water partition coefficient (Wildman–Crippen LogP) is 3.14. The van der Waals surface area contributed by atoms with E-state index >= 15 is 0 Å². The number of nitrogens with one attached hydrogen (secondary N) is 1. The van der Waals surface area contributed by atoms with E-state index in [-0.39, 0.29) is 35.4 Å². The van der Waals surface area contributed by atoms with Crippen molar-refractivity contribution < 1.29 is 22.0 Å². The molecule has 0 atom stereocenters. The van der Waals surface area contributed by atoms with Crippen molar-refractivity contribution in [1.29, 1.82) is 0 Å². The van der Waals surface area contributed by atoms with Crippen molar-refractivity contribution >= 4 is 21.8 Å². The molecule has 0 unspecified atom stereocenters. The molecule has 3 rings (SSSR count). The van der Waals surface area contributed by atoms with Crippen LogP contribution in [-0.4, -0.2) is 30.3 Å². The van der Waals surface area contributed by atoms with Crippen LogP contribution in [0.2, 0.25) is 0 Å². The first kappa shape index (κ1) is 18.8. The van der Waals surface area contributed by atoms with Crippen LogP contribution in [0.5, 0.6) is 0 Å². The average molecular weight is 389 g/mol. The lowest BCUT2D eigenvalue weighted by Gasteiger charge is -2.04. The van der Waals surface area contributed by atoms with Crippen LogP contribution < -0.4 is 5.32 Å². The number of benzene rings is 1. The zero-order chi connectivity index (χ0) is 19.4. The second-order valence-corrected chi connectivity index (χ2v) is 8.13. The molecule has 9 heteroatoms. The molecular formula is C18H19N3O5S. The highest BCUT2D eigenvalue weighted by molar-refractivity contribution is 7.91. The summed E-state index contributed by atoms with van der Waals surface area (Å²) in [5, 5.41) is 10.1. The van der Waals surface area contributed by atoms with Crippen LogP contribution in [0, 0.1) is 13.8 Å². The molecule has 2 heterocycles. The minimum absolute atomic E-state index is 0.0215. The van der Waals surface area contributed by atoms with Crippen LogP contribution in [0.1, 0.15) is 24.4 Å². The van der Waals surface area contributed by atoms with E-state index in [0.29, 0.717) is 17.1 Å². The van der Waals surface area contributed by atoms with Gasteiger partial charge < -0.3 is 8.83 Å². The third-order valence-electron chi connectivity index (χ3n) is 3.86. The van der Waals surface area contributed by atoms with Crippen LogP contribution >= 0.6 is 0 Å². The molecule has 1 aromatic carbocycles. The largest absolute Gasteiger partial charge is 0.466 e. The highest BCUT2D eigenvalue weighted by Crippen LogP contribution is 2.26. The average Bonchev–Trinajstić information content (AvgIpc) is 3.21. The molecule has 0 fully saturated rings. The van der Waals surface area contributed by atoms with Crippen LogP contribution in [0.25, 0.3) is 11.5 Å². The zero-order valence-corrected chi connectivity index (χ0v) is 15.7. The van der Waals surface area contributed by atoms with E-state index < -0.39 is 15.7 Å². The third-order valence-corrected chi connectivity index (χ3v) is 5.68. The number of amides is 1. The number of aromatic nitrogens is 2. The van der Waals surface area contributed by atoms with Gasteiger partial charge in [-0.15, -0.1) is 5.10 Å². The molecule has 142 valence electrons. The molecular weight excluding hydrogens is 370 g/mol. The number of aryl methyl sites for hydroxylation is 2. The monoisotopic (exact) mass is 389 g/mol. The number of carbonyl (C=O) groups excluding carboxylic acids is 1. The number of sulfone groups is 1. The SMILES string of the molecule is Cc1cc(-c2nnc(NC(=O)CCCS(=O)(=O)c3ccccc3)o2)c(C)o1. The van der Waals surface area contributed by atoms with Gasteiger partial charge in [0.05, 0.1) is 16.2 Å². The predicted molar refractivity (Wildman–Crippen MR) is 97.8 cm³/mol. The van der Waals surface area contributed by atoms with Crippen LogP contribution in [0.3, 0.4) is 0 Å². The Labute approximate surface area is 156 Å². The summed E-state index contributed by atoms with van der Waals surface area (Å²) < 4.78 is 35.2. The first-order valence-corrected chi connectivity index (χ1v) is 9.99. The van der Waals surface area contributed by atoms with Gasteiger partial charge in [-0.3, -0.25) is 10.1 Å². The molecule has 0 saturated heterocycles. The van der Waals surface area contributed by atoms with E-state index in [4.69, 9.17) is 8.83 Å². The lowest BCUT2D eigenvalue weighted by Crippen LogP contribution is -2.14. The molecule has 0 spiro atoms. The van der Waals surface area contributed by atoms with Gasteiger partial charge in [0.25, 0.3) is 5.89 Å². The zero-order valence-electron chi connectivity index (χ0n) is 14.9. The van der Waals surface area contributed by atoms with E-state index in [2.05, 4.69) is 15.5 Å². The fourth-order valence-corrected chi connectivity index (χ4v) is 3.91. The van der Waals surface area contributed by atoms with Crippen molar-refractivity contribution in [3.63, 3.8) is 0 Å². The molecule has 1 N–H and O–H groups in total. The maximum atomic E-state index is 12.2. The summed E-state index contributed by atoms with van der Waals surface area (Å²) in [6.45, 7) is 3.58. The standard InChI is InChI=1S/C18H19N3O5S/c1-12-11-15(13(2)25-12)17-20-21-18(26-17)19-16(22)9-6-10-27(23,24)14-7-4-3-5-8-14/h3-5,7-8,11H,6,9-10H2,1-2H3,(H,19,21,22). The third kappa shape index (κ3) is 4.62. The van der Waals surface area contributed by atoms with Gasteiger partial charge >= 0.3 is 6.01 Å². The maximum absolute atomic E-state index is 12.2. The molecule has 8 nitrogen and oxygen atoms in total. The number of hydrogen-bond donors (Lipinski definition) is 1. The Balaban J connectivity index is 1.54. The summed E-state index contributed by atoms with van der Waals surface area (Å²) in [4.78, 5) is 12.2. The van der Waals surface area contributed by atoms with E-state index in [1.165, 1.54) is 12.1 Å². The summed E-state index contributed by atoms with van der Waals surface area (Å²) >= 11 is 0. The van der Waals surface area contributed by atoms with Gasteiger partial charge in [0.1, 0.15) is 11.5 Å². The first-order valence-electron chi connectivity index (χ1n) is 8.34. The van der Waals surface area contributed by atoms with Crippen molar-refractivity contribution in [2.24, 2.45) is 0 Å². The highest BCUT2D eigenvalue weighted by atomic mass is 32.2. The molecule has 0 bridgehead atoms. The number of furan rings is 1. The Morgan fingerprint density at radius 3 is 2.52 bits per heavy atom. The van der Waals surface area contributed by atoms with E-state index in [1.54, 1.807) is 38.1 Å². The van der Waals surface area contributed by atoms with Crippen LogP contribution in [0.4, 0.5) is 6.01 Å². The Morgan fingerprint density at radius 1 is 1.11 bits per heavy atom. The van der Waals surface area contributed by atoms with E-state index in [1.807, 2.05) is 0 Å². The molecule has 0 radical (unpaired) electrons. The number of anilines is 1. The molecule has 2 aromatic heterocycles. The Kier molecular flexibility index (Phi) is 5.41. The normalized spacial score (nSPS) is 11.5. The van der Waals surface area contributed by atoms with Gasteiger partial charge in [0.2, 0.25) is 5.91 Å². The molecule has 0 saturated carbocycles. The second-order valence-electron chi connectivity index (χ2n) is 6.02. The summed E-state index contributed by atoms with van der Waals surface area (Å²) in [6.07, 6.45) is 0.206. The fourth-order valence-electron chi connectivity index (χ4n) is 2.58. The van der Waals surface area contributed by atoms with Crippen LogP contribution in [-0.2, 0) is 14.6 Å². The Hall–Kier alpha value is -2.94. The van der Waals surface area contributed by atoms with Crippen molar-refractivity contribution in [2.75, 3.05) is 11.1 Å². The summed E-state index contributed by atoms with van der Waals surface area (Å²) in [5.74, 6) is 1.08. The van der Waals surface area contributed by atoms with Gasteiger partial charge in [-0.05, 0) is 38.5 Å². The molecule has 0 aliphatic heterocycles.